The van der Waals surface area contributed by atoms with E-state index in [2.05, 4.69) is 31.4 Å². The zero-order chi connectivity index (χ0) is 14.7. The van der Waals surface area contributed by atoms with Crippen LogP contribution in [0, 0.1) is 5.92 Å². The molecule has 5 heteroatoms. The van der Waals surface area contributed by atoms with Crippen molar-refractivity contribution < 1.29 is 4.79 Å². The van der Waals surface area contributed by atoms with Crippen molar-refractivity contribution in [2.24, 2.45) is 5.92 Å². The molecule has 110 valence electrons. The van der Waals surface area contributed by atoms with Crippen molar-refractivity contribution in [1.82, 2.24) is 10.2 Å². The molecule has 2 aromatic rings. The molecular formula is C16H18BrN3O. The number of nitrogens with one attached hydrogen (secondary N) is 1. The maximum Gasteiger partial charge on any atom is 0.238 e. The summed E-state index contributed by atoms with van der Waals surface area (Å²) < 4.78 is 0. The van der Waals surface area contributed by atoms with Crippen molar-refractivity contribution in [3.05, 3.63) is 30.5 Å². The smallest absolute Gasteiger partial charge is 0.238 e. The van der Waals surface area contributed by atoms with E-state index in [0.29, 0.717) is 5.92 Å². The molecule has 0 spiro atoms. The lowest BCUT2D eigenvalue weighted by Gasteiger charge is -2.25. The van der Waals surface area contributed by atoms with Gasteiger partial charge in [0, 0.05) is 11.1 Å². The van der Waals surface area contributed by atoms with E-state index in [0.717, 1.165) is 29.4 Å². The Bertz CT molecular complexity index is 640. The Labute approximate surface area is 132 Å². The van der Waals surface area contributed by atoms with Gasteiger partial charge >= 0.3 is 0 Å². The first-order valence-corrected chi connectivity index (χ1v) is 8.32. The van der Waals surface area contributed by atoms with Crippen molar-refractivity contribution in [3.8, 4) is 0 Å². The second kappa shape index (κ2) is 6.52. The van der Waals surface area contributed by atoms with E-state index in [-0.39, 0.29) is 10.7 Å². The molecule has 1 aliphatic carbocycles. The number of nitrogens with zero attached hydrogens (tertiary/aromatic N) is 2. The highest BCUT2D eigenvalue weighted by molar-refractivity contribution is 9.10. The quantitative estimate of drug-likeness (QED) is 0.856. The molecule has 1 saturated carbocycles. The summed E-state index contributed by atoms with van der Waals surface area (Å²) in [6.07, 6.45) is 7.68. The van der Waals surface area contributed by atoms with E-state index in [4.69, 9.17) is 0 Å². The molecule has 21 heavy (non-hydrogen) atoms. The second-order valence-electron chi connectivity index (χ2n) is 5.59. The van der Waals surface area contributed by atoms with Crippen molar-refractivity contribution in [2.45, 2.75) is 36.9 Å². The van der Waals surface area contributed by atoms with Gasteiger partial charge in [-0.3, -0.25) is 4.79 Å². The molecule has 1 N–H and O–H groups in total. The fourth-order valence-corrected chi connectivity index (χ4v) is 3.56. The van der Waals surface area contributed by atoms with Gasteiger partial charge in [-0.25, -0.2) is 0 Å². The third-order valence-corrected chi connectivity index (χ3v) is 5.26. The Balaban J connectivity index is 1.70. The highest BCUT2D eigenvalue weighted by atomic mass is 79.9. The Morgan fingerprint density at radius 3 is 2.86 bits per heavy atom. The van der Waals surface area contributed by atoms with E-state index < -0.39 is 0 Å². The SMILES string of the molecule is O=C(Nc1ccc2nnccc2c1)C(Br)C1CCCCC1. The van der Waals surface area contributed by atoms with Gasteiger partial charge in [-0.2, -0.15) is 10.2 Å². The summed E-state index contributed by atoms with van der Waals surface area (Å²) in [7, 11) is 0. The number of anilines is 1. The normalized spacial score (nSPS) is 17.6. The maximum atomic E-state index is 12.4. The molecule has 1 aromatic heterocycles. The van der Waals surface area contributed by atoms with Crippen LogP contribution in [0.4, 0.5) is 5.69 Å². The largest absolute Gasteiger partial charge is 0.325 e. The number of hydrogen-bond acceptors (Lipinski definition) is 3. The molecule has 1 heterocycles. The Hall–Kier alpha value is -1.49. The van der Waals surface area contributed by atoms with Crippen LogP contribution in [-0.4, -0.2) is 20.9 Å². The van der Waals surface area contributed by atoms with E-state index in [9.17, 15) is 4.79 Å². The Morgan fingerprint density at radius 1 is 1.24 bits per heavy atom. The van der Waals surface area contributed by atoms with Crippen LogP contribution in [0.15, 0.2) is 30.5 Å². The Kier molecular flexibility index (Phi) is 4.48. The molecule has 1 fully saturated rings. The summed E-state index contributed by atoms with van der Waals surface area (Å²) in [5.41, 5.74) is 1.64. The van der Waals surface area contributed by atoms with Crippen LogP contribution in [0.25, 0.3) is 10.9 Å². The number of rotatable bonds is 3. The predicted octanol–water partition coefficient (Wildman–Crippen LogP) is 3.91. The number of halogens is 1. The highest BCUT2D eigenvalue weighted by Gasteiger charge is 2.27. The monoisotopic (exact) mass is 347 g/mol. The summed E-state index contributed by atoms with van der Waals surface area (Å²) in [5.74, 6) is 0.494. The van der Waals surface area contributed by atoms with Gasteiger partial charge in [0.05, 0.1) is 16.5 Å². The summed E-state index contributed by atoms with van der Waals surface area (Å²) in [6.45, 7) is 0. The lowest BCUT2D eigenvalue weighted by atomic mass is 9.86. The van der Waals surface area contributed by atoms with Gasteiger partial charge in [-0.05, 0) is 43.0 Å². The van der Waals surface area contributed by atoms with Gasteiger partial charge in [0.25, 0.3) is 0 Å². The van der Waals surface area contributed by atoms with Gasteiger partial charge in [0.2, 0.25) is 5.91 Å². The van der Waals surface area contributed by atoms with Crippen LogP contribution in [0.1, 0.15) is 32.1 Å². The molecule has 0 aliphatic heterocycles. The van der Waals surface area contributed by atoms with E-state index >= 15 is 0 Å². The predicted molar refractivity (Wildman–Crippen MR) is 87.5 cm³/mol. The lowest BCUT2D eigenvalue weighted by molar-refractivity contribution is -0.116. The highest BCUT2D eigenvalue weighted by Crippen LogP contribution is 2.31. The minimum Gasteiger partial charge on any atom is -0.325 e. The minimum absolute atomic E-state index is 0.0447. The van der Waals surface area contributed by atoms with E-state index in [1.807, 2.05) is 24.3 Å². The number of amides is 1. The molecule has 1 amide bonds. The fraction of sp³-hybridized carbons (Fsp3) is 0.438. The number of fused-ring (bicyclic) bond motifs is 1. The average Bonchev–Trinajstić information content (AvgIpc) is 2.55. The molecule has 1 unspecified atom stereocenters. The van der Waals surface area contributed by atoms with Crippen molar-refractivity contribution in [3.63, 3.8) is 0 Å². The first-order valence-electron chi connectivity index (χ1n) is 7.40. The molecule has 1 atom stereocenters. The number of aromatic nitrogens is 2. The number of hydrogen-bond donors (Lipinski definition) is 1. The van der Waals surface area contributed by atoms with Gasteiger partial charge in [0.15, 0.2) is 0 Å². The number of carbonyl (C=O) groups is 1. The van der Waals surface area contributed by atoms with Crippen molar-refractivity contribution in [1.29, 1.82) is 0 Å². The third-order valence-electron chi connectivity index (χ3n) is 4.10. The minimum atomic E-state index is -0.107. The molecule has 0 saturated heterocycles. The number of benzene rings is 1. The molecule has 4 nitrogen and oxygen atoms in total. The van der Waals surface area contributed by atoms with Crippen LogP contribution in [-0.2, 0) is 4.79 Å². The Morgan fingerprint density at radius 2 is 2.05 bits per heavy atom. The fourth-order valence-electron chi connectivity index (χ4n) is 2.92. The second-order valence-corrected chi connectivity index (χ2v) is 6.58. The number of carbonyl (C=O) groups excluding carboxylic acids is 1. The number of alkyl halides is 1. The van der Waals surface area contributed by atoms with E-state index in [1.54, 1.807) is 6.20 Å². The zero-order valence-corrected chi connectivity index (χ0v) is 13.3. The van der Waals surface area contributed by atoms with Gasteiger partial charge in [-0.1, -0.05) is 35.2 Å². The van der Waals surface area contributed by atoms with Gasteiger partial charge in [0.1, 0.15) is 0 Å². The van der Waals surface area contributed by atoms with Crippen LogP contribution < -0.4 is 5.32 Å². The standard InChI is InChI=1S/C16H18BrN3O/c17-15(11-4-2-1-3-5-11)16(21)19-13-6-7-14-12(10-13)8-9-18-20-14/h6-11,15H,1-5H2,(H,19,21). The zero-order valence-electron chi connectivity index (χ0n) is 11.8. The molecule has 0 radical (unpaired) electrons. The van der Waals surface area contributed by atoms with Crippen LogP contribution in [0.3, 0.4) is 0 Å². The summed E-state index contributed by atoms with van der Waals surface area (Å²) >= 11 is 3.58. The first kappa shape index (κ1) is 14.4. The van der Waals surface area contributed by atoms with Crippen LogP contribution in [0.2, 0.25) is 0 Å². The molecule has 3 rings (SSSR count). The molecular weight excluding hydrogens is 330 g/mol. The topological polar surface area (TPSA) is 54.9 Å². The molecule has 1 aromatic carbocycles. The van der Waals surface area contributed by atoms with Crippen molar-refractivity contribution in [2.75, 3.05) is 5.32 Å². The summed E-state index contributed by atoms with van der Waals surface area (Å²) in [6, 6.07) is 7.57. The van der Waals surface area contributed by atoms with Crippen molar-refractivity contribution >= 4 is 38.4 Å². The first-order chi connectivity index (χ1) is 10.2. The third kappa shape index (κ3) is 3.40. The summed E-state index contributed by atoms with van der Waals surface area (Å²) in [5, 5.41) is 11.9. The van der Waals surface area contributed by atoms with Crippen LogP contribution in [0.5, 0.6) is 0 Å². The average molecular weight is 348 g/mol. The van der Waals surface area contributed by atoms with Crippen LogP contribution >= 0.6 is 15.9 Å². The lowest BCUT2D eigenvalue weighted by Crippen LogP contribution is -2.31. The summed E-state index contributed by atoms with van der Waals surface area (Å²) in [4.78, 5) is 12.3. The molecule has 1 aliphatic rings. The van der Waals surface area contributed by atoms with Gasteiger partial charge < -0.3 is 5.32 Å². The van der Waals surface area contributed by atoms with Gasteiger partial charge in [-0.15, -0.1) is 0 Å². The van der Waals surface area contributed by atoms with E-state index in [1.165, 1.54) is 19.3 Å². The molecule has 0 bridgehead atoms. The maximum absolute atomic E-state index is 12.4.